The van der Waals surface area contributed by atoms with Crippen LogP contribution in [0.15, 0.2) is 30.3 Å². The number of carbonyl (C=O) groups excluding carboxylic acids is 1. The summed E-state index contributed by atoms with van der Waals surface area (Å²) >= 11 is 0. The average molecular weight is 247 g/mol. The molecule has 1 aliphatic heterocycles. The van der Waals surface area contributed by atoms with Gasteiger partial charge in [-0.25, -0.2) is 4.79 Å². The van der Waals surface area contributed by atoms with E-state index in [-0.39, 0.29) is 12.1 Å². The minimum absolute atomic E-state index is 0.168. The molecular weight excluding hydrogens is 226 g/mol. The average Bonchev–Trinajstić information content (AvgIpc) is 2.76. The Hall–Kier alpha value is -1.51. The Morgan fingerprint density at radius 2 is 1.94 bits per heavy atom. The molecule has 1 aromatic carbocycles. The molecular formula is C15H21NO2. The highest BCUT2D eigenvalue weighted by molar-refractivity contribution is 5.69. The molecule has 1 fully saturated rings. The van der Waals surface area contributed by atoms with E-state index in [0.717, 1.165) is 19.4 Å². The van der Waals surface area contributed by atoms with Gasteiger partial charge in [0.1, 0.15) is 5.60 Å². The zero-order valence-electron chi connectivity index (χ0n) is 11.3. The van der Waals surface area contributed by atoms with Crippen LogP contribution in [-0.2, 0) is 4.74 Å². The van der Waals surface area contributed by atoms with E-state index in [9.17, 15) is 4.79 Å². The van der Waals surface area contributed by atoms with E-state index >= 15 is 0 Å². The standard InChI is InChI=1S/C15H21NO2/c1-15(2,3)18-14(17)16-11-7-10-13(16)12-8-5-4-6-9-12/h4-6,8-9,13H,7,10-11H2,1-3H3. The molecule has 1 amide bonds. The third-order valence-corrected chi connectivity index (χ3v) is 3.07. The lowest BCUT2D eigenvalue weighted by atomic mass is 10.1. The Balaban J connectivity index is 2.11. The molecule has 3 nitrogen and oxygen atoms in total. The maximum Gasteiger partial charge on any atom is 0.410 e. The van der Waals surface area contributed by atoms with Crippen LogP contribution in [0.5, 0.6) is 0 Å². The summed E-state index contributed by atoms with van der Waals surface area (Å²) in [4.78, 5) is 14.0. The van der Waals surface area contributed by atoms with Gasteiger partial charge >= 0.3 is 6.09 Å². The van der Waals surface area contributed by atoms with Crippen LogP contribution in [0, 0.1) is 0 Å². The number of hydrogen-bond donors (Lipinski definition) is 0. The molecule has 0 N–H and O–H groups in total. The van der Waals surface area contributed by atoms with Gasteiger partial charge in [0.25, 0.3) is 0 Å². The van der Waals surface area contributed by atoms with Crippen LogP contribution >= 0.6 is 0 Å². The van der Waals surface area contributed by atoms with Crippen molar-refractivity contribution in [2.24, 2.45) is 0 Å². The molecule has 2 rings (SSSR count). The predicted molar refractivity (Wildman–Crippen MR) is 71.4 cm³/mol. The molecule has 1 unspecified atom stereocenters. The maximum absolute atomic E-state index is 12.1. The number of likely N-dealkylation sites (tertiary alicyclic amines) is 1. The van der Waals surface area contributed by atoms with Crippen LogP contribution in [0.25, 0.3) is 0 Å². The first-order valence-electron chi connectivity index (χ1n) is 6.52. The SMILES string of the molecule is CC(C)(C)OC(=O)N1CCCC1c1ccccc1. The Bertz CT molecular complexity index is 408. The molecule has 0 bridgehead atoms. The van der Waals surface area contributed by atoms with E-state index in [1.165, 1.54) is 5.56 Å². The molecule has 3 heteroatoms. The largest absolute Gasteiger partial charge is 0.444 e. The van der Waals surface area contributed by atoms with Gasteiger partial charge in [-0.2, -0.15) is 0 Å². The molecule has 1 saturated heterocycles. The zero-order chi connectivity index (χ0) is 13.2. The summed E-state index contributed by atoms with van der Waals surface area (Å²) in [5.41, 5.74) is 0.766. The van der Waals surface area contributed by atoms with Crippen LogP contribution < -0.4 is 0 Å². The van der Waals surface area contributed by atoms with Gasteiger partial charge in [0.05, 0.1) is 6.04 Å². The summed E-state index contributed by atoms with van der Waals surface area (Å²) in [6.07, 6.45) is 1.86. The smallest absolute Gasteiger partial charge is 0.410 e. The van der Waals surface area contributed by atoms with Crippen molar-refractivity contribution in [2.45, 2.75) is 45.3 Å². The van der Waals surface area contributed by atoms with E-state index < -0.39 is 5.60 Å². The lowest BCUT2D eigenvalue weighted by Gasteiger charge is -2.28. The number of carbonyl (C=O) groups is 1. The number of benzene rings is 1. The second-order valence-corrected chi connectivity index (χ2v) is 5.74. The van der Waals surface area contributed by atoms with Crippen LogP contribution in [-0.4, -0.2) is 23.1 Å². The minimum Gasteiger partial charge on any atom is -0.444 e. The van der Waals surface area contributed by atoms with Gasteiger partial charge < -0.3 is 9.64 Å². The van der Waals surface area contributed by atoms with E-state index in [4.69, 9.17) is 4.74 Å². The van der Waals surface area contributed by atoms with Gasteiger partial charge in [-0.05, 0) is 39.2 Å². The Morgan fingerprint density at radius 1 is 1.28 bits per heavy atom. The van der Waals surface area contributed by atoms with Crippen molar-refractivity contribution in [1.29, 1.82) is 0 Å². The van der Waals surface area contributed by atoms with Gasteiger partial charge in [0.2, 0.25) is 0 Å². The quantitative estimate of drug-likeness (QED) is 0.756. The van der Waals surface area contributed by atoms with Crippen molar-refractivity contribution >= 4 is 6.09 Å². The summed E-state index contributed by atoms with van der Waals surface area (Å²) in [5.74, 6) is 0. The molecule has 98 valence electrons. The maximum atomic E-state index is 12.1. The van der Waals surface area contributed by atoms with Crippen LogP contribution in [0.1, 0.15) is 45.2 Å². The normalized spacial score (nSPS) is 19.9. The molecule has 18 heavy (non-hydrogen) atoms. The third-order valence-electron chi connectivity index (χ3n) is 3.07. The second-order valence-electron chi connectivity index (χ2n) is 5.74. The Labute approximate surface area is 109 Å². The number of hydrogen-bond acceptors (Lipinski definition) is 2. The molecule has 0 aliphatic carbocycles. The first-order valence-corrected chi connectivity index (χ1v) is 6.52. The fourth-order valence-electron chi connectivity index (χ4n) is 2.33. The Kier molecular flexibility index (Phi) is 3.60. The monoisotopic (exact) mass is 247 g/mol. The third kappa shape index (κ3) is 3.03. The van der Waals surface area contributed by atoms with Crippen LogP contribution in [0.3, 0.4) is 0 Å². The van der Waals surface area contributed by atoms with Gasteiger partial charge in [-0.3, -0.25) is 0 Å². The number of ether oxygens (including phenoxy) is 1. The summed E-state index contributed by atoms with van der Waals surface area (Å²) in [6, 6.07) is 10.3. The highest BCUT2D eigenvalue weighted by atomic mass is 16.6. The molecule has 1 atom stereocenters. The van der Waals surface area contributed by atoms with Crippen LogP contribution in [0.2, 0.25) is 0 Å². The molecule has 0 saturated carbocycles. The molecule has 0 radical (unpaired) electrons. The molecule has 1 heterocycles. The minimum atomic E-state index is -0.430. The summed E-state index contributed by atoms with van der Waals surface area (Å²) in [6.45, 7) is 6.49. The van der Waals surface area contributed by atoms with Gasteiger partial charge in [-0.15, -0.1) is 0 Å². The van der Waals surface area contributed by atoms with E-state index in [0.29, 0.717) is 0 Å². The van der Waals surface area contributed by atoms with Crippen LogP contribution in [0.4, 0.5) is 4.79 Å². The van der Waals surface area contributed by atoms with Crippen molar-refractivity contribution in [2.75, 3.05) is 6.54 Å². The highest BCUT2D eigenvalue weighted by Gasteiger charge is 2.32. The number of rotatable bonds is 1. The van der Waals surface area contributed by atoms with Crippen molar-refractivity contribution in [3.05, 3.63) is 35.9 Å². The number of nitrogens with zero attached hydrogens (tertiary/aromatic N) is 1. The zero-order valence-corrected chi connectivity index (χ0v) is 11.3. The van der Waals surface area contributed by atoms with Gasteiger partial charge in [-0.1, -0.05) is 30.3 Å². The first-order chi connectivity index (χ1) is 8.47. The molecule has 1 aliphatic rings. The van der Waals surface area contributed by atoms with E-state index in [1.54, 1.807) is 0 Å². The number of amides is 1. The summed E-state index contributed by atoms with van der Waals surface area (Å²) in [5, 5.41) is 0. The van der Waals surface area contributed by atoms with Crippen molar-refractivity contribution < 1.29 is 9.53 Å². The van der Waals surface area contributed by atoms with Gasteiger partial charge in [0.15, 0.2) is 0 Å². The van der Waals surface area contributed by atoms with E-state index in [1.807, 2.05) is 43.9 Å². The lowest BCUT2D eigenvalue weighted by molar-refractivity contribution is 0.0224. The highest BCUT2D eigenvalue weighted by Crippen LogP contribution is 2.32. The van der Waals surface area contributed by atoms with Gasteiger partial charge in [0, 0.05) is 6.54 Å². The summed E-state index contributed by atoms with van der Waals surface area (Å²) in [7, 11) is 0. The molecule has 0 aromatic heterocycles. The molecule has 1 aromatic rings. The van der Waals surface area contributed by atoms with Crippen molar-refractivity contribution in [3.8, 4) is 0 Å². The predicted octanol–water partition coefficient (Wildman–Crippen LogP) is 3.76. The lowest BCUT2D eigenvalue weighted by Crippen LogP contribution is -2.36. The van der Waals surface area contributed by atoms with Crippen molar-refractivity contribution in [1.82, 2.24) is 4.90 Å². The van der Waals surface area contributed by atoms with Crippen molar-refractivity contribution in [3.63, 3.8) is 0 Å². The van der Waals surface area contributed by atoms with E-state index in [2.05, 4.69) is 12.1 Å². The molecule has 0 spiro atoms. The second kappa shape index (κ2) is 5.01. The first kappa shape index (κ1) is 12.9. The summed E-state index contributed by atoms with van der Waals surface area (Å²) < 4.78 is 5.46. The Morgan fingerprint density at radius 3 is 2.56 bits per heavy atom. The topological polar surface area (TPSA) is 29.5 Å². The fourth-order valence-corrected chi connectivity index (χ4v) is 2.33. The fraction of sp³-hybridized carbons (Fsp3) is 0.533.